The number of nitrogens with one attached hydrogen (secondary N) is 2. The van der Waals surface area contributed by atoms with E-state index in [1.54, 1.807) is 12.1 Å². The van der Waals surface area contributed by atoms with Crippen molar-refractivity contribution in [1.29, 1.82) is 0 Å². The van der Waals surface area contributed by atoms with Gasteiger partial charge < -0.3 is 10.2 Å². The molecule has 32 heavy (non-hydrogen) atoms. The molecule has 1 saturated heterocycles. The number of benzene rings is 2. The van der Waals surface area contributed by atoms with Gasteiger partial charge in [-0.05, 0) is 68.5 Å². The van der Waals surface area contributed by atoms with E-state index in [-0.39, 0.29) is 25.4 Å². The third-order valence-corrected chi connectivity index (χ3v) is 6.85. The summed E-state index contributed by atoms with van der Waals surface area (Å²) in [7, 11) is -3.36. The van der Waals surface area contributed by atoms with Gasteiger partial charge in [-0.3, -0.25) is 9.52 Å². The van der Waals surface area contributed by atoms with Crippen molar-refractivity contribution >= 4 is 35.1 Å². The molecule has 1 aliphatic heterocycles. The Morgan fingerprint density at radius 1 is 1.06 bits per heavy atom. The van der Waals surface area contributed by atoms with Crippen molar-refractivity contribution in [2.45, 2.75) is 43.6 Å². The van der Waals surface area contributed by atoms with E-state index in [1.165, 1.54) is 18.4 Å². The molecule has 1 heterocycles. The van der Waals surface area contributed by atoms with Crippen LogP contribution >= 0.6 is 13.5 Å². The summed E-state index contributed by atoms with van der Waals surface area (Å²) in [5, 5.41) is 3.34. The largest absolute Gasteiger partial charge is 0.351 e. The van der Waals surface area contributed by atoms with Crippen LogP contribution in [-0.4, -0.2) is 51.2 Å². The number of anilines is 1. The van der Waals surface area contributed by atoms with Crippen molar-refractivity contribution in [3.63, 3.8) is 0 Å². The number of nitrogens with zero attached hydrogens (tertiary/aromatic N) is 1. The number of carbonyl (C=O) groups excluding carboxylic acids is 1. The summed E-state index contributed by atoms with van der Waals surface area (Å²) >= 11 is 0. The predicted molar refractivity (Wildman–Crippen MR) is 134 cm³/mol. The molecular weight excluding hydrogens is 442 g/mol. The van der Waals surface area contributed by atoms with Gasteiger partial charge in [-0.2, -0.15) is 13.5 Å². The van der Waals surface area contributed by atoms with Crippen LogP contribution in [0.25, 0.3) is 0 Å². The zero-order chi connectivity index (χ0) is 21.9. The fraction of sp³-hybridized carbons (Fsp3) is 0.458. The van der Waals surface area contributed by atoms with E-state index in [2.05, 4.69) is 27.1 Å². The lowest BCUT2D eigenvalue weighted by Gasteiger charge is -2.27. The van der Waals surface area contributed by atoms with Crippen molar-refractivity contribution < 1.29 is 13.2 Å². The van der Waals surface area contributed by atoms with Gasteiger partial charge in [0.05, 0.1) is 11.7 Å². The number of carbonyl (C=O) groups is 1. The van der Waals surface area contributed by atoms with Crippen LogP contribution in [0.2, 0.25) is 0 Å². The quantitative estimate of drug-likeness (QED) is 0.584. The minimum Gasteiger partial charge on any atom is -0.351 e. The third-order valence-electron chi connectivity index (χ3n) is 6.24. The highest BCUT2D eigenvalue weighted by molar-refractivity contribution is 7.92. The van der Waals surface area contributed by atoms with Crippen molar-refractivity contribution in [3.8, 4) is 0 Å². The highest BCUT2D eigenvalue weighted by Crippen LogP contribution is 2.49. The molecule has 8 heteroatoms. The molecule has 1 amide bonds. The second kappa shape index (κ2) is 10.3. The predicted octanol–water partition coefficient (Wildman–Crippen LogP) is 3.03. The van der Waals surface area contributed by atoms with E-state index < -0.39 is 15.4 Å². The summed E-state index contributed by atoms with van der Waals surface area (Å²) in [6.45, 7) is 3.03. The van der Waals surface area contributed by atoms with Gasteiger partial charge in [0.25, 0.3) is 0 Å². The number of likely N-dealkylation sites (tertiary alicyclic amines) is 1. The van der Waals surface area contributed by atoms with Crippen LogP contribution in [0.4, 0.5) is 5.69 Å². The molecule has 2 aliphatic rings. The number of rotatable bonds is 9. The van der Waals surface area contributed by atoms with Gasteiger partial charge in [0.2, 0.25) is 15.9 Å². The van der Waals surface area contributed by atoms with Gasteiger partial charge in [0.15, 0.2) is 0 Å². The van der Waals surface area contributed by atoms with Crippen molar-refractivity contribution in [2.24, 2.45) is 0 Å². The summed E-state index contributed by atoms with van der Waals surface area (Å²) in [5.74, 6) is 0.0455. The standard InChI is InChI=1S/C24H31N3O3S.H2S/c1-31(29,30)26-21-11-7-10-20(17-21)24(12-13-24)23(28)25-22(18-27-14-5-6-15-27)16-19-8-3-2-4-9-19;/h2-4,7-11,17,22,26H,5-6,12-16,18H2,1H3,(H,25,28);1H2/t22-;/m0./s1. The Balaban J connectivity index is 0.00000289. The van der Waals surface area contributed by atoms with Crippen LogP contribution in [0.15, 0.2) is 54.6 Å². The number of hydrogen-bond donors (Lipinski definition) is 2. The first-order valence-corrected chi connectivity index (χ1v) is 12.9. The van der Waals surface area contributed by atoms with E-state index >= 15 is 0 Å². The van der Waals surface area contributed by atoms with E-state index in [9.17, 15) is 13.2 Å². The summed E-state index contributed by atoms with van der Waals surface area (Å²) in [6.07, 6.45) is 5.93. The minimum absolute atomic E-state index is 0. The molecule has 4 rings (SSSR count). The SMILES string of the molecule is CS(=O)(=O)Nc1cccc(C2(C(=O)N[C@@H](Cc3ccccc3)CN3CCCC3)CC2)c1.S. The lowest BCUT2D eigenvalue weighted by atomic mass is 9.93. The van der Waals surface area contributed by atoms with Gasteiger partial charge in [0, 0.05) is 18.3 Å². The molecule has 174 valence electrons. The molecule has 0 spiro atoms. The average molecular weight is 476 g/mol. The molecule has 2 aromatic carbocycles. The zero-order valence-corrected chi connectivity index (χ0v) is 20.3. The van der Waals surface area contributed by atoms with Gasteiger partial charge in [-0.25, -0.2) is 8.42 Å². The molecule has 2 aromatic rings. The van der Waals surface area contributed by atoms with Gasteiger partial charge in [-0.1, -0.05) is 42.5 Å². The summed E-state index contributed by atoms with van der Waals surface area (Å²) in [5.41, 5.74) is 2.03. The zero-order valence-electron chi connectivity index (χ0n) is 18.5. The molecule has 2 fully saturated rings. The summed E-state index contributed by atoms with van der Waals surface area (Å²) in [4.78, 5) is 15.9. The first-order chi connectivity index (χ1) is 14.8. The van der Waals surface area contributed by atoms with Gasteiger partial charge in [0.1, 0.15) is 0 Å². The van der Waals surface area contributed by atoms with Crippen molar-refractivity contribution in [2.75, 3.05) is 30.6 Å². The van der Waals surface area contributed by atoms with Crippen LogP contribution in [0.1, 0.15) is 36.8 Å². The monoisotopic (exact) mass is 475 g/mol. The lowest BCUT2D eigenvalue weighted by Crippen LogP contribution is -2.48. The molecule has 0 aromatic heterocycles. The van der Waals surface area contributed by atoms with Gasteiger partial charge >= 0.3 is 0 Å². The Hall–Kier alpha value is -2.03. The topological polar surface area (TPSA) is 78.5 Å². The molecule has 6 nitrogen and oxygen atoms in total. The van der Waals surface area contributed by atoms with Crippen LogP contribution in [0, 0.1) is 0 Å². The van der Waals surface area contributed by atoms with E-state index in [0.29, 0.717) is 5.69 Å². The fourth-order valence-electron chi connectivity index (χ4n) is 4.53. The number of hydrogen-bond acceptors (Lipinski definition) is 4. The Kier molecular flexibility index (Phi) is 7.90. The molecular formula is C24H33N3O3S2. The first-order valence-electron chi connectivity index (χ1n) is 11.0. The van der Waals surface area contributed by atoms with E-state index in [4.69, 9.17) is 0 Å². The molecule has 2 N–H and O–H groups in total. The van der Waals surface area contributed by atoms with E-state index in [0.717, 1.165) is 50.7 Å². The van der Waals surface area contributed by atoms with Crippen LogP contribution in [-0.2, 0) is 26.7 Å². The smallest absolute Gasteiger partial charge is 0.230 e. The van der Waals surface area contributed by atoms with Crippen LogP contribution < -0.4 is 10.0 Å². The van der Waals surface area contributed by atoms with E-state index in [1.807, 2.05) is 30.3 Å². The van der Waals surface area contributed by atoms with Crippen LogP contribution in [0.5, 0.6) is 0 Å². The Morgan fingerprint density at radius 3 is 2.38 bits per heavy atom. The molecule has 1 aliphatic carbocycles. The second-order valence-corrected chi connectivity index (χ2v) is 10.7. The molecule has 0 radical (unpaired) electrons. The van der Waals surface area contributed by atoms with Gasteiger partial charge in [-0.15, -0.1) is 0 Å². The van der Waals surface area contributed by atoms with Crippen molar-refractivity contribution in [3.05, 3.63) is 65.7 Å². The highest BCUT2D eigenvalue weighted by Gasteiger charge is 2.51. The average Bonchev–Trinajstić information content (AvgIpc) is 3.39. The molecule has 1 atom stereocenters. The normalized spacial score (nSPS) is 18.4. The summed E-state index contributed by atoms with van der Waals surface area (Å²) in [6, 6.07) is 17.6. The number of sulfonamides is 1. The third kappa shape index (κ3) is 6.27. The fourth-order valence-corrected chi connectivity index (χ4v) is 5.08. The summed E-state index contributed by atoms with van der Waals surface area (Å²) < 4.78 is 25.7. The van der Waals surface area contributed by atoms with Crippen LogP contribution in [0.3, 0.4) is 0 Å². The maximum Gasteiger partial charge on any atom is 0.230 e. The minimum atomic E-state index is -3.36. The Morgan fingerprint density at radius 2 is 1.75 bits per heavy atom. The Labute approximate surface area is 198 Å². The van der Waals surface area contributed by atoms with Crippen molar-refractivity contribution in [1.82, 2.24) is 10.2 Å². The first kappa shape index (κ1) is 24.6. The Bertz CT molecular complexity index is 1020. The molecule has 0 unspecified atom stereocenters. The lowest BCUT2D eigenvalue weighted by molar-refractivity contribution is -0.124. The molecule has 0 bridgehead atoms. The number of amides is 1. The maximum atomic E-state index is 13.4. The second-order valence-electron chi connectivity index (χ2n) is 8.90. The highest BCUT2D eigenvalue weighted by atomic mass is 32.2. The maximum absolute atomic E-state index is 13.4. The molecule has 1 saturated carbocycles.